The number of allylic oxidation sites excluding steroid dienone is 1. The van der Waals surface area contributed by atoms with Crippen molar-refractivity contribution in [2.45, 2.75) is 38.6 Å². The van der Waals surface area contributed by atoms with E-state index in [1.54, 1.807) is 18.2 Å². The normalized spacial score (nSPS) is 28.4. The van der Waals surface area contributed by atoms with Gasteiger partial charge in [-0.1, -0.05) is 19.1 Å². The average molecular weight is 359 g/mol. The van der Waals surface area contributed by atoms with E-state index in [2.05, 4.69) is 17.2 Å². The first-order valence-corrected chi connectivity index (χ1v) is 9.13. The highest BCUT2D eigenvalue weighted by Gasteiger charge is 2.36. The van der Waals surface area contributed by atoms with Gasteiger partial charge in [-0.2, -0.15) is 4.99 Å². The summed E-state index contributed by atoms with van der Waals surface area (Å²) < 4.78 is 4.93. The van der Waals surface area contributed by atoms with Gasteiger partial charge in [-0.3, -0.25) is 14.5 Å². The van der Waals surface area contributed by atoms with Crippen LogP contribution >= 0.6 is 0 Å². The van der Waals surface area contributed by atoms with Crippen molar-refractivity contribution in [3.63, 3.8) is 0 Å². The number of carbonyl (C=O) groups is 3. The van der Waals surface area contributed by atoms with Crippen molar-refractivity contribution in [1.29, 1.82) is 0 Å². The molecule has 0 aromatic carbocycles. The van der Waals surface area contributed by atoms with Crippen molar-refractivity contribution in [2.75, 3.05) is 20.3 Å². The number of hydrogen-bond acceptors (Lipinski definition) is 4. The third kappa shape index (κ3) is 3.93. The molecule has 1 atom stereocenters. The van der Waals surface area contributed by atoms with E-state index in [9.17, 15) is 14.4 Å². The molecule has 0 spiro atoms. The number of ether oxygens (including phenoxy) is 1. The largest absolute Gasteiger partial charge is 0.383 e. The molecule has 140 valence electrons. The van der Waals surface area contributed by atoms with E-state index in [1.807, 2.05) is 0 Å². The van der Waals surface area contributed by atoms with Crippen LogP contribution in [0.15, 0.2) is 28.8 Å². The Kier molecular flexibility index (Phi) is 5.66. The van der Waals surface area contributed by atoms with Crippen molar-refractivity contribution >= 4 is 23.6 Å². The Morgan fingerprint density at radius 2 is 2.04 bits per heavy atom. The fourth-order valence-electron chi connectivity index (χ4n) is 3.54. The topological polar surface area (TPSA) is 88.1 Å². The van der Waals surface area contributed by atoms with Gasteiger partial charge >= 0.3 is 6.03 Å². The predicted octanol–water partition coefficient (Wildman–Crippen LogP) is 1.84. The van der Waals surface area contributed by atoms with Crippen LogP contribution in [0.25, 0.3) is 0 Å². The smallest absolute Gasteiger partial charge is 0.350 e. The van der Waals surface area contributed by atoms with E-state index in [1.165, 1.54) is 7.11 Å². The summed E-state index contributed by atoms with van der Waals surface area (Å²) in [5.41, 5.74) is 0.767. The molecule has 1 heterocycles. The summed E-state index contributed by atoms with van der Waals surface area (Å²) in [6.45, 7) is 2.67. The quantitative estimate of drug-likeness (QED) is 0.811. The molecule has 0 aromatic heterocycles. The summed E-state index contributed by atoms with van der Waals surface area (Å²) in [6.07, 6.45) is 9.05. The van der Waals surface area contributed by atoms with Crippen LogP contribution in [0.3, 0.4) is 0 Å². The van der Waals surface area contributed by atoms with E-state index in [0.717, 1.165) is 30.6 Å². The second-order valence-corrected chi connectivity index (χ2v) is 7.17. The summed E-state index contributed by atoms with van der Waals surface area (Å²) >= 11 is 0. The van der Waals surface area contributed by atoms with Crippen molar-refractivity contribution in [2.24, 2.45) is 16.8 Å². The number of aliphatic imine (C=N–C) groups is 1. The van der Waals surface area contributed by atoms with Crippen LogP contribution in [-0.2, 0) is 14.3 Å². The summed E-state index contributed by atoms with van der Waals surface area (Å²) in [4.78, 5) is 42.2. The molecule has 4 amide bonds. The van der Waals surface area contributed by atoms with Gasteiger partial charge < -0.3 is 10.1 Å². The van der Waals surface area contributed by atoms with Gasteiger partial charge in [-0.05, 0) is 37.7 Å². The first kappa shape index (κ1) is 18.5. The number of nitrogens with one attached hydrogen (secondary N) is 1. The first-order valence-electron chi connectivity index (χ1n) is 9.13. The summed E-state index contributed by atoms with van der Waals surface area (Å²) in [7, 11) is 1.51. The molecule has 7 heteroatoms. The maximum atomic E-state index is 12.5. The number of amides is 4. The lowest BCUT2D eigenvalue weighted by atomic mass is 9.87. The Bertz CT molecular complexity index is 687. The Balaban J connectivity index is 1.68. The predicted molar refractivity (Wildman–Crippen MR) is 96.7 cm³/mol. The number of rotatable bonds is 5. The summed E-state index contributed by atoms with van der Waals surface area (Å²) in [5.74, 6) is -0.405. The zero-order chi connectivity index (χ0) is 18.7. The molecule has 1 aliphatic heterocycles. The van der Waals surface area contributed by atoms with Crippen LogP contribution in [0.2, 0.25) is 0 Å². The zero-order valence-corrected chi connectivity index (χ0v) is 15.2. The third-order valence-electron chi connectivity index (χ3n) is 5.21. The second-order valence-electron chi connectivity index (χ2n) is 7.17. The monoisotopic (exact) mass is 359 g/mol. The number of fused-ring (bicyclic) bond motifs is 1. The molecule has 0 bridgehead atoms. The molecule has 0 radical (unpaired) electrons. The number of carbonyl (C=O) groups excluding carboxylic acids is 3. The van der Waals surface area contributed by atoms with E-state index >= 15 is 0 Å². The van der Waals surface area contributed by atoms with Crippen LogP contribution in [0.5, 0.6) is 0 Å². The number of hydrogen-bond donors (Lipinski definition) is 1. The Labute approximate surface area is 153 Å². The second kappa shape index (κ2) is 7.95. The summed E-state index contributed by atoms with van der Waals surface area (Å²) in [6, 6.07) is -0.419. The molecule has 0 saturated heterocycles. The van der Waals surface area contributed by atoms with Gasteiger partial charge in [0.15, 0.2) is 0 Å². The van der Waals surface area contributed by atoms with E-state index in [0.29, 0.717) is 17.2 Å². The van der Waals surface area contributed by atoms with Crippen molar-refractivity contribution in [1.82, 2.24) is 10.2 Å². The molecule has 1 unspecified atom stereocenters. The minimum absolute atomic E-state index is 0.173. The molecule has 1 N–H and O–H groups in total. The highest BCUT2D eigenvalue weighted by atomic mass is 16.5. The maximum absolute atomic E-state index is 12.5. The van der Waals surface area contributed by atoms with Gasteiger partial charge in [0.25, 0.3) is 5.91 Å². The third-order valence-corrected chi connectivity index (χ3v) is 5.21. The van der Waals surface area contributed by atoms with Crippen molar-refractivity contribution in [3.8, 4) is 0 Å². The fraction of sp³-hybridized carbons (Fsp3) is 0.579. The van der Waals surface area contributed by atoms with Crippen LogP contribution in [0.1, 0.15) is 32.6 Å². The van der Waals surface area contributed by atoms with Gasteiger partial charge in [0, 0.05) is 18.7 Å². The molecule has 2 aliphatic carbocycles. The number of methoxy groups -OCH3 is 1. The van der Waals surface area contributed by atoms with E-state index < -0.39 is 11.9 Å². The molecule has 3 aliphatic rings. The number of imide groups is 1. The average Bonchev–Trinajstić information content (AvgIpc) is 2.63. The standard InChI is InChI=1S/C19H25N3O4/c1-12-3-6-14(7-4-12)20-17(23)13-5-8-15-16(11-13)21-19(25)22(18(15)24)9-10-26-2/h5,8,11-12,14-15H,3-4,6-7,9-10H2,1-2H3,(H,20,23). The minimum Gasteiger partial charge on any atom is -0.383 e. The van der Waals surface area contributed by atoms with Gasteiger partial charge in [-0.25, -0.2) is 4.79 Å². The van der Waals surface area contributed by atoms with Crippen LogP contribution in [0, 0.1) is 11.8 Å². The molecule has 7 nitrogen and oxygen atoms in total. The van der Waals surface area contributed by atoms with Crippen LogP contribution < -0.4 is 5.32 Å². The Morgan fingerprint density at radius 3 is 2.73 bits per heavy atom. The summed E-state index contributed by atoms with van der Waals surface area (Å²) in [5, 5.41) is 3.05. The molecule has 26 heavy (non-hydrogen) atoms. The van der Waals surface area contributed by atoms with Crippen molar-refractivity contribution < 1.29 is 19.1 Å². The number of nitrogens with zero attached hydrogens (tertiary/aromatic N) is 2. The zero-order valence-electron chi connectivity index (χ0n) is 15.2. The lowest BCUT2D eigenvalue weighted by Gasteiger charge is -2.29. The van der Waals surface area contributed by atoms with Crippen LogP contribution in [0.4, 0.5) is 4.79 Å². The molecule has 0 aromatic rings. The van der Waals surface area contributed by atoms with E-state index in [4.69, 9.17) is 4.74 Å². The molecule has 3 rings (SSSR count). The lowest BCUT2D eigenvalue weighted by Crippen LogP contribution is -2.47. The van der Waals surface area contributed by atoms with Gasteiger partial charge in [0.2, 0.25) is 5.91 Å². The van der Waals surface area contributed by atoms with Gasteiger partial charge in [0.05, 0.1) is 24.8 Å². The first-order chi connectivity index (χ1) is 12.5. The molecular formula is C19H25N3O4. The lowest BCUT2D eigenvalue weighted by molar-refractivity contribution is -0.130. The molecular weight excluding hydrogens is 334 g/mol. The number of urea groups is 1. The van der Waals surface area contributed by atoms with E-state index in [-0.39, 0.29) is 31.0 Å². The van der Waals surface area contributed by atoms with Gasteiger partial charge in [-0.15, -0.1) is 0 Å². The Morgan fingerprint density at radius 1 is 1.31 bits per heavy atom. The van der Waals surface area contributed by atoms with Gasteiger partial charge in [0.1, 0.15) is 0 Å². The Hall–Kier alpha value is -2.28. The van der Waals surface area contributed by atoms with Crippen molar-refractivity contribution in [3.05, 3.63) is 23.8 Å². The molecule has 1 saturated carbocycles. The fourth-order valence-corrected chi connectivity index (χ4v) is 3.54. The highest BCUT2D eigenvalue weighted by molar-refractivity contribution is 6.23. The maximum Gasteiger partial charge on any atom is 0.350 e. The van der Waals surface area contributed by atoms with Crippen LogP contribution in [-0.4, -0.2) is 54.8 Å². The highest BCUT2D eigenvalue weighted by Crippen LogP contribution is 2.25. The SMILES string of the molecule is COCCN1C(=O)N=C2C=C(C(=O)NC3CCC(C)CC3)C=CC2C1=O. The minimum atomic E-state index is -0.614. The molecule has 1 fully saturated rings.